The van der Waals surface area contributed by atoms with Crippen LogP contribution in [0.2, 0.25) is 0 Å². The van der Waals surface area contributed by atoms with Crippen molar-refractivity contribution in [3.63, 3.8) is 0 Å². The quantitative estimate of drug-likeness (QED) is 0.473. The summed E-state index contributed by atoms with van der Waals surface area (Å²) in [7, 11) is 0. The second-order valence-electron chi connectivity index (χ2n) is 4.10. The van der Waals surface area contributed by atoms with Crippen LogP contribution >= 0.6 is 0 Å². The second kappa shape index (κ2) is 3.75. The first-order chi connectivity index (χ1) is 9.10. The van der Waals surface area contributed by atoms with Crippen LogP contribution in [0.25, 0.3) is 21.7 Å². The Morgan fingerprint density at radius 2 is 1.84 bits per heavy atom. The molecule has 1 heterocycles. The van der Waals surface area contributed by atoms with Gasteiger partial charge in [0.15, 0.2) is 0 Å². The lowest BCUT2D eigenvalue weighted by Crippen LogP contribution is -1.99. The number of hydrogen-bond donors (Lipinski definition) is 2. The van der Waals surface area contributed by atoms with Gasteiger partial charge in [-0.15, -0.1) is 0 Å². The van der Waals surface area contributed by atoms with E-state index in [1.807, 2.05) is 6.07 Å². The highest BCUT2D eigenvalue weighted by atomic mass is 16.4. The van der Waals surface area contributed by atoms with Gasteiger partial charge >= 0.3 is 5.63 Å². The summed E-state index contributed by atoms with van der Waals surface area (Å²) in [6, 6.07) is 8.87. The van der Waals surface area contributed by atoms with Crippen LogP contribution in [0.1, 0.15) is 5.56 Å². The number of rotatable bonds is 0. The largest absolute Gasteiger partial charge is 0.508 e. The lowest BCUT2D eigenvalue weighted by molar-refractivity contribution is 0.471. The lowest BCUT2D eigenvalue weighted by atomic mass is 10.0. The van der Waals surface area contributed by atoms with E-state index in [1.54, 1.807) is 6.07 Å². The molecule has 0 aliphatic heterocycles. The van der Waals surface area contributed by atoms with Crippen LogP contribution in [0.15, 0.2) is 39.5 Å². The average Bonchev–Trinajstić information content (AvgIpc) is 2.38. The van der Waals surface area contributed by atoms with Crippen LogP contribution in [-0.2, 0) is 0 Å². The molecule has 5 nitrogen and oxygen atoms in total. The van der Waals surface area contributed by atoms with Crippen LogP contribution < -0.4 is 5.63 Å². The van der Waals surface area contributed by atoms with Crippen molar-refractivity contribution < 1.29 is 14.6 Å². The minimum absolute atomic E-state index is 0.0431. The predicted octanol–water partition coefficient (Wildman–Crippen LogP) is 2.23. The fourth-order valence-electron chi connectivity index (χ4n) is 2.04. The standard InChI is InChI=1S/C14H7NO4/c15-6-7-3-10-9-2-1-8(16)4-11(9)14(18)19-13(10)5-12(7)17/h1-5,16-17H. The average molecular weight is 253 g/mol. The molecule has 0 radical (unpaired) electrons. The Bertz CT molecular complexity index is 919. The molecule has 0 atom stereocenters. The Morgan fingerprint density at radius 3 is 2.58 bits per heavy atom. The third-order valence-corrected chi connectivity index (χ3v) is 2.93. The van der Waals surface area contributed by atoms with Gasteiger partial charge in [0.2, 0.25) is 0 Å². The van der Waals surface area contributed by atoms with E-state index in [0.29, 0.717) is 10.8 Å². The van der Waals surface area contributed by atoms with Crippen molar-refractivity contribution in [1.29, 1.82) is 5.26 Å². The number of phenolic OH excluding ortho intramolecular Hbond substituents is 2. The van der Waals surface area contributed by atoms with E-state index in [-0.39, 0.29) is 28.0 Å². The van der Waals surface area contributed by atoms with Crippen molar-refractivity contribution >= 4 is 21.7 Å². The lowest BCUT2D eigenvalue weighted by Gasteiger charge is -2.04. The summed E-state index contributed by atoms with van der Waals surface area (Å²) in [5.74, 6) is -0.283. The minimum atomic E-state index is -0.609. The first-order valence-corrected chi connectivity index (χ1v) is 5.43. The van der Waals surface area contributed by atoms with Crippen LogP contribution in [0.5, 0.6) is 11.5 Å². The highest BCUT2D eigenvalue weighted by Gasteiger charge is 2.11. The van der Waals surface area contributed by atoms with Crippen LogP contribution in [0.4, 0.5) is 0 Å². The number of nitrogens with zero attached hydrogens (tertiary/aromatic N) is 1. The molecule has 0 aliphatic carbocycles. The van der Waals surface area contributed by atoms with Gasteiger partial charge in [0.05, 0.1) is 10.9 Å². The molecule has 0 spiro atoms. The van der Waals surface area contributed by atoms with Gasteiger partial charge in [-0.25, -0.2) is 4.79 Å². The van der Waals surface area contributed by atoms with Crippen LogP contribution in [-0.4, -0.2) is 10.2 Å². The van der Waals surface area contributed by atoms with E-state index in [2.05, 4.69) is 0 Å². The third kappa shape index (κ3) is 1.58. The number of fused-ring (bicyclic) bond motifs is 3. The van der Waals surface area contributed by atoms with Crippen LogP contribution in [0, 0.1) is 11.3 Å². The molecule has 0 saturated carbocycles. The molecule has 0 unspecified atom stereocenters. The van der Waals surface area contributed by atoms with E-state index in [1.165, 1.54) is 24.3 Å². The van der Waals surface area contributed by atoms with Gasteiger partial charge in [-0.1, -0.05) is 0 Å². The van der Waals surface area contributed by atoms with E-state index in [0.717, 1.165) is 0 Å². The maximum absolute atomic E-state index is 11.8. The molecule has 5 heteroatoms. The topological polar surface area (TPSA) is 94.5 Å². The minimum Gasteiger partial charge on any atom is -0.508 e. The molecule has 0 amide bonds. The highest BCUT2D eigenvalue weighted by molar-refractivity contribution is 6.05. The monoisotopic (exact) mass is 253 g/mol. The van der Waals surface area contributed by atoms with E-state index < -0.39 is 5.63 Å². The van der Waals surface area contributed by atoms with Crippen molar-refractivity contribution in [1.82, 2.24) is 0 Å². The fourth-order valence-corrected chi connectivity index (χ4v) is 2.04. The molecular weight excluding hydrogens is 246 g/mol. The highest BCUT2D eigenvalue weighted by Crippen LogP contribution is 2.30. The summed E-state index contributed by atoms with van der Waals surface area (Å²) in [4.78, 5) is 11.8. The smallest absolute Gasteiger partial charge is 0.344 e. The van der Waals surface area contributed by atoms with Crippen molar-refractivity contribution in [3.05, 3.63) is 46.3 Å². The van der Waals surface area contributed by atoms with E-state index in [4.69, 9.17) is 9.68 Å². The molecule has 2 N–H and O–H groups in total. The summed E-state index contributed by atoms with van der Waals surface area (Å²) in [6.45, 7) is 0. The molecule has 0 saturated heterocycles. The second-order valence-corrected chi connectivity index (χ2v) is 4.10. The van der Waals surface area contributed by atoms with Crippen molar-refractivity contribution in [2.45, 2.75) is 0 Å². The van der Waals surface area contributed by atoms with E-state index in [9.17, 15) is 15.0 Å². The number of nitriles is 1. The summed E-state index contributed by atoms with van der Waals surface area (Å²) >= 11 is 0. The summed E-state index contributed by atoms with van der Waals surface area (Å²) in [5, 5.41) is 29.2. The molecule has 0 aliphatic rings. The van der Waals surface area contributed by atoms with Gasteiger partial charge < -0.3 is 14.6 Å². The SMILES string of the molecule is N#Cc1cc2c(cc1O)oc(=O)c1cc(O)ccc12. The van der Waals surface area contributed by atoms with Crippen LogP contribution in [0.3, 0.4) is 0 Å². The van der Waals surface area contributed by atoms with Crippen molar-refractivity contribution in [3.8, 4) is 17.6 Å². The van der Waals surface area contributed by atoms with Gasteiger partial charge in [-0.3, -0.25) is 0 Å². The maximum Gasteiger partial charge on any atom is 0.344 e. The van der Waals surface area contributed by atoms with Gasteiger partial charge in [0.25, 0.3) is 0 Å². The van der Waals surface area contributed by atoms with Crippen molar-refractivity contribution in [2.75, 3.05) is 0 Å². The number of benzene rings is 2. The Kier molecular flexibility index (Phi) is 2.19. The molecule has 2 aromatic carbocycles. The molecular formula is C14H7NO4. The number of aromatic hydroxyl groups is 2. The third-order valence-electron chi connectivity index (χ3n) is 2.93. The van der Waals surface area contributed by atoms with E-state index >= 15 is 0 Å². The zero-order valence-corrected chi connectivity index (χ0v) is 9.54. The summed E-state index contributed by atoms with van der Waals surface area (Å²) in [6.07, 6.45) is 0. The first-order valence-electron chi connectivity index (χ1n) is 5.43. The molecule has 3 aromatic rings. The molecule has 0 fully saturated rings. The van der Waals surface area contributed by atoms with Gasteiger partial charge in [-0.05, 0) is 24.3 Å². The van der Waals surface area contributed by atoms with Gasteiger partial charge in [-0.2, -0.15) is 5.26 Å². The Morgan fingerprint density at radius 1 is 1.05 bits per heavy atom. The van der Waals surface area contributed by atoms with Crippen molar-refractivity contribution in [2.24, 2.45) is 0 Å². The number of phenols is 2. The Labute approximate surface area is 106 Å². The van der Waals surface area contributed by atoms with Gasteiger partial charge in [0.1, 0.15) is 23.2 Å². The molecule has 1 aromatic heterocycles. The molecule has 92 valence electrons. The Balaban J connectivity index is 2.59. The fraction of sp³-hybridized carbons (Fsp3) is 0. The molecule has 19 heavy (non-hydrogen) atoms. The number of hydrogen-bond acceptors (Lipinski definition) is 5. The zero-order chi connectivity index (χ0) is 13.6. The Hall–Kier alpha value is -3.00. The maximum atomic E-state index is 11.8. The molecule has 3 rings (SSSR count). The van der Waals surface area contributed by atoms with Gasteiger partial charge in [0, 0.05) is 16.8 Å². The zero-order valence-electron chi connectivity index (χ0n) is 9.54. The molecule has 0 bridgehead atoms. The first kappa shape index (κ1) is 11.1. The summed E-state index contributed by atoms with van der Waals surface area (Å²) < 4.78 is 5.07. The normalized spacial score (nSPS) is 10.7. The summed E-state index contributed by atoms with van der Waals surface area (Å²) in [5.41, 5.74) is -0.321. The predicted molar refractivity (Wildman–Crippen MR) is 68.0 cm³/mol.